The van der Waals surface area contributed by atoms with Gasteiger partial charge in [0.2, 0.25) is 0 Å². The number of carbonyl (C=O) groups excluding carboxylic acids is 1. The van der Waals surface area contributed by atoms with Crippen molar-refractivity contribution in [3.63, 3.8) is 0 Å². The second-order valence-electron chi connectivity index (χ2n) is 6.01. The number of hydrogen-bond donors (Lipinski definition) is 2. The number of rotatable bonds is 4. The van der Waals surface area contributed by atoms with Crippen LogP contribution in [0.3, 0.4) is 0 Å². The summed E-state index contributed by atoms with van der Waals surface area (Å²) >= 11 is 0. The molecular formula is C15H20N4O. The molecule has 0 bridgehead atoms. The Hall–Kier alpha value is -2.17. The number of hydrogen-bond acceptors (Lipinski definition) is 3. The van der Waals surface area contributed by atoms with Crippen molar-refractivity contribution >= 4 is 5.91 Å². The quantitative estimate of drug-likeness (QED) is 0.899. The van der Waals surface area contributed by atoms with Crippen LogP contribution in [0.4, 0.5) is 0 Å². The summed E-state index contributed by atoms with van der Waals surface area (Å²) in [4.78, 5) is 23.1. The van der Waals surface area contributed by atoms with Crippen LogP contribution >= 0.6 is 0 Å². The highest BCUT2D eigenvalue weighted by Crippen LogP contribution is 2.29. The number of imidazole rings is 1. The van der Waals surface area contributed by atoms with Gasteiger partial charge in [-0.2, -0.15) is 0 Å². The first-order valence-corrected chi connectivity index (χ1v) is 6.66. The van der Waals surface area contributed by atoms with Crippen molar-refractivity contribution < 1.29 is 4.79 Å². The average Bonchev–Trinajstić information content (AvgIpc) is 2.91. The topological polar surface area (TPSA) is 70.7 Å². The summed E-state index contributed by atoms with van der Waals surface area (Å²) in [5.74, 6) is 0.126. The van der Waals surface area contributed by atoms with Crippen LogP contribution in [0.15, 0.2) is 36.9 Å². The standard InChI is InChI=1S/C15H20N4O/c1-15(2,3)9-12(11-5-4-6-16-10-11)19-14(20)13-17-7-8-18-13/h4-8,10,12H,9H2,1-3H3,(H,17,18)(H,19,20)/t12-/m0/s1. The van der Waals surface area contributed by atoms with Gasteiger partial charge in [-0.3, -0.25) is 9.78 Å². The number of nitrogens with zero attached hydrogens (tertiary/aromatic N) is 2. The normalized spacial score (nSPS) is 12.9. The van der Waals surface area contributed by atoms with E-state index in [9.17, 15) is 4.79 Å². The molecule has 1 atom stereocenters. The van der Waals surface area contributed by atoms with Gasteiger partial charge >= 0.3 is 0 Å². The molecule has 106 valence electrons. The molecule has 5 nitrogen and oxygen atoms in total. The minimum Gasteiger partial charge on any atom is -0.342 e. The van der Waals surface area contributed by atoms with Gasteiger partial charge in [0.15, 0.2) is 5.82 Å². The molecule has 0 spiro atoms. The van der Waals surface area contributed by atoms with Crippen LogP contribution < -0.4 is 5.32 Å². The maximum Gasteiger partial charge on any atom is 0.287 e. The fourth-order valence-electron chi connectivity index (χ4n) is 2.06. The van der Waals surface area contributed by atoms with Crippen molar-refractivity contribution in [3.8, 4) is 0 Å². The lowest BCUT2D eigenvalue weighted by Crippen LogP contribution is -2.32. The van der Waals surface area contributed by atoms with E-state index in [0.717, 1.165) is 12.0 Å². The van der Waals surface area contributed by atoms with E-state index in [-0.39, 0.29) is 17.4 Å². The van der Waals surface area contributed by atoms with Gasteiger partial charge in [0.25, 0.3) is 5.91 Å². The third-order valence-electron chi connectivity index (χ3n) is 2.92. The van der Waals surface area contributed by atoms with Crippen molar-refractivity contribution in [1.82, 2.24) is 20.3 Å². The molecule has 2 heterocycles. The summed E-state index contributed by atoms with van der Waals surface area (Å²) in [5, 5.41) is 3.02. The van der Waals surface area contributed by atoms with Gasteiger partial charge in [0.05, 0.1) is 6.04 Å². The number of H-pyrrole nitrogens is 1. The van der Waals surface area contributed by atoms with Crippen LogP contribution in [-0.4, -0.2) is 20.9 Å². The summed E-state index contributed by atoms with van der Waals surface area (Å²) in [5.41, 5.74) is 1.10. The zero-order valence-corrected chi connectivity index (χ0v) is 12.1. The highest BCUT2D eigenvalue weighted by Gasteiger charge is 2.23. The van der Waals surface area contributed by atoms with E-state index in [4.69, 9.17) is 0 Å². The molecule has 0 saturated heterocycles. The van der Waals surface area contributed by atoms with E-state index in [1.807, 2.05) is 12.1 Å². The second kappa shape index (κ2) is 5.86. The third kappa shape index (κ3) is 3.91. The highest BCUT2D eigenvalue weighted by atomic mass is 16.2. The van der Waals surface area contributed by atoms with E-state index in [1.54, 1.807) is 24.8 Å². The van der Waals surface area contributed by atoms with Gasteiger partial charge in [-0.1, -0.05) is 26.8 Å². The van der Waals surface area contributed by atoms with Crippen molar-refractivity contribution in [2.24, 2.45) is 5.41 Å². The Morgan fingerprint density at radius 1 is 1.40 bits per heavy atom. The number of aromatic amines is 1. The molecule has 0 aliphatic carbocycles. The summed E-state index contributed by atoms with van der Waals surface area (Å²) in [6.45, 7) is 6.44. The maximum absolute atomic E-state index is 12.2. The molecule has 2 N–H and O–H groups in total. The first-order chi connectivity index (χ1) is 9.46. The Bertz CT molecular complexity index is 543. The lowest BCUT2D eigenvalue weighted by Gasteiger charge is -2.26. The summed E-state index contributed by atoms with van der Waals surface area (Å²) in [6.07, 6.45) is 7.55. The number of amides is 1. The largest absolute Gasteiger partial charge is 0.342 e. The van der Waals surface area contributed by atoms with Crippen LogP contribution in [0.1, 0.15) is 49.4 Å². The molecule has 0 aliphatic rings. The molecule has 20 heavy (non-hydrogen) atoms. The zero-order valence-electron chi connectivity index (χ0n) is 12.1. The zero-order chi connectivity index (χ0) is 14.6. The minimum atomic E-state index is -0.201. The summed E-state index contributed by atoms with van der Waals surface area (Å²) < 4.78 is 0. The Kier molecular flexibility index (Phi) is 4.17. The lowest BCUT2D eigenvalue weighted by atomic mass is 9.86. The second-order valence-corrected chi connectivity index (χ2v) is 6.01. The lowest BCUT2D eigenvalue weighted by molar-refractivity contribution is 0.0916. The Labute approximate surface area is 118 Å². The van der Waals surface area contributed by atoms with E-state index in [2.05, 4.69) is 41.0 Å². The molecule has 0 aromatic carbocycles. The molecule has 0 fully saturated rings. The molecule has 5 heteroatoms. The first kappa shape index (κ1) is 14.2. The van der Waals surface area contributed by atoms with Crippen molar-refractivity contribution in [2.45, 2.75) is 33.2 Å². The van der Waals surface area contributed by atoms with E-state index < -0.39 is 0 Å². The van der Waals surface area contributed by atoms with Gasteiger partial charge in [-0.15, -0.1) is 0 Å². The van der Waals surface area contributed by atoms with Crippen LogP contribution in [0.2, 0.25) is 0 Å². The molecule has 2 aromatic rings. The molecule has 2 aromatic heterocycles. The number of nitrogens with one attached hydrogen (secondary N) is 2. The molecule has 1 amide bonds. The van der Waals surface area contributed by atoms with Crippen molar-refractivity contribution in [1.29, 1.82) is 0 Å². The first-order valence-electron chi connectivity index (χ1n) is 6.66. The molecular weight excluding hydrogens is 252 g/mol. The fourth-order valence-corrected chi connectivity index (χ4v) is 2.06. The summed E-state index contributed by atoms with van der Waals surface area (Å²) in [6, 6.07) is 3.77. The molecule has 0 unspecified atom stereocenters. The van der Waals surface area contributed by atoms with E-state index in [0.29, 0.717) is 5.82 Å². The number of pyridine rings is 1. The van der Waals surface area contributed by atoms with Gasteiger partial charge in [-0.05, 0) is 23.5 Å². The highest BCUT2D eigenvalue weighted by molar-refractivity contribution is 5.90. The van der Waals surface area contributed by atoms with Gasteiger partial charge in [0.1, 0.15) is 0 Å². The molecule has 0 aliphatic heterocycles. The molecule has 0 saturated carbocycles. The third-order valence-corrected chi connectivity index (χ3v) is 2.92. The maximum atomic E-state index is 12.2. The van der Waals surface area contributed by atoms with Crippen LogP contribution in [-0.2, 0) is 0 Å². The molecule has 2 rings (SSSR count). The monoisotopic (exact) mass is 272 g/mol. The summed E-state index contributed by atoms with van der Waals surface area (Å²) in [7, 11) is 0. The van der Waals surface area contributed by atoms with Gasteiger partial charge in [0, 0.05) is 24.8 Å². The van der Waals surface area contributed by atoms with E-state index in [1.165, 1.54) is 0 Å². The van der Waals surface area contributed by atoms with Crippen LogP contribution in [0, 0.1) is 5.41 Å². The Balaban J connectivity index is 2.17. The Morgan fingerprint density at radius 2 is 2.20 bits per heavy atom. The Morgan fingerprint density at radius 3 is 2.75 bits per heavy atom. The SMILES string of the molecule is CC(C)(C)C[C@H](NC(=O)c1ncc[nH]1)c1cccnc1. The van der Waals surface area contributed by atoms with Gasteiger partial charge < -0.3 is 10.3 Å². The number of aromatic nitrogens is 3. The van der Waals surface area contributed by atoms with Crippen molar-refractivity contribution in [3.05, 3.63) is 48.3 Å². The predicted octanol–water partition coefficient (Wildman–Crippen LogP) is 2.71. The van der Waals surface area contributed by atoms with Gasteiger partial charge in [-0.25, -0.2) is 4.98 Å². The van der Waals surface area contributed by atoms with E-state index >= 15 is 0 Å². The number of carbonyl (C=O) groups is 1. The fraction of sp³-hybridized carbons (Fsp3) is 0.400. The minimum absolute atomic E-state index is 0.0821. The van der Waals surface area contributed by atoms with Crippen LogP contribution in [0.25, 0.3) is 0 Å². The van der Waals surface area contributed by atoms with Crippen LogP contribution in [0.5, 0.6) is 0 Å². The smallest absolute Gasteiger partial charge is 0.287 e. The van der Waals surface area contributed by atoms with Crippen molar-refractivity contribution in [2.75, 3.05) is 0 Å². The molecule has 0 radical (unpaired) electrons. The predicted molar refractivity (Wildman–Crippen MR) is 77.1 cm³/mol. The average molecular weight is 272 g/mol.